The van der Waals surface area contributed by atoms with Crippen LogP contribution < -0.4 is 11.1 Å². The van der Waals surface area contributed by atoms with E-state index in [0.717, 1.165) is 44.4 Å². The van der Waals surface area contributed by atoms with Gasteiger partial charge in [0, 0.05) is 18.6 Å². The third kappa shape index (κ3) is 7.53. The largest absolute Gasteiger partial charge is 0.376 e. The molecular weight excluding hydrogens is 212 g/mol. The normalized spacial score (nSPS) is 11.8. The van der Waals surface area contributed by atoms with Crippen LogP contribution in [0.1, 0.15) is 46.5 Å². The molecule has 3 N–H and O–H groups in total. The lowest BCUT2D eigenvalue weighted by atomic mass is 9.88. The molecule has 3 nitrogen and oxygen atoms in total. The summed E-state index contributed by atoms with van der Waals surface area (Å²) in [6.07, 6.45) is 4.60. The summed E-state index contributed by atoms with van der Waals surface area (Å²) in [7, 11) is 0. The highest BCUT2D eigenvalue weighted by atomic mass is 16.5. The van der Waals surface area contributed by atoms with Gasteiger partial charge < -0.3 is 15.8 Å². The van der Waals surface area contributed by atoms with Crippen LogP contribution in [0.15, 0.2) is 12.2 Å². The van der Waals surface area contributed by atoms with Gasteiger partial charge in [-0.2, -0.15) is 0 Å². The molecule has 0 heterocycles. The third-order valence-corrected chi connectivity index (χ3v) is 2.94. The molecule has 17 heavy (non-hydrogen) atoms. The van der Waals surface area contributed by atoms with Crippen LogP contribution in [-0.2, 0) is 4.74 Å². The van der Waals surface area contributed by atoms with E-state index in [1.165, 1.54) is 0 Å². The van der Waals surface area contributed by atoms with Crippen molar-refractivity contribution in [2.75, 3.05) is 26.3 Å². The van der Waals surface area contributed by atoms with Gasteiger partial charge in [-0.25, -0.2) is 0 Å². The molecule has 0 radical (unpaired) electrons. The van der Waals surface area contributed by atoms with Gasteiger partial charge in [-0.3, -0.25) is 0 Å². The van der Waals surface area contributed by atoms with Crippen molar-refractivity contribution in [1.29, 1.82) is 0 Å². The van der Waals surface area contributed by atoms with E-state index in [4.69, 9.17) is 10.5 Å². The molecule has 0 bridgehead atoms. The van der Waals surface area contributed by atoms with Gasteiger partial charge in [0.05, 0.1) is 13.2 Å². The Hall–Kier alpha value is -0.380. The molecule has 0 fully saturated rings. The second-order valence-corrected chi connectivity index (χ2v) is 4.92. The Morgan fingerprint density at radius 1 is 1.29 bits per heavy atom. The first-order chi connectivity index (χ1) is 8.10. The lowest BCUT2D eigenvalue weighted by Crippen LogP contribution is -2.52. The molecule has 3 heteroatoms. The van der Waals surface area contributed by atoms with E-state index in [-0.39, 0.29) is 5.54 Å². The molecule has 0 amide bonds. The van der Waals surface area contributed by atoms with Crippen LogP contribution >= 0.6 is 0 Å². The van der Waals surface area contributed by atoms with E-state index >= 15 is 0 Å². The van der Waals surface area contributed by atoms with E-state index in [2.05, 4.69) is 25.7 Å². The van der Waals surface area contributed by atoms with Crippen molar-refractivity contribution in [3.63, 3.8) is 0 Å². The summed E-state index contributed by atoms with van der Waals surface area (Å²) in [5.41, 5.74) is 7.10. The summed E-state index contributed by atoms with van der Waals surface area (Å²) in [4.78, 5) is 0. The van der Waals surface area contributed by atoms with E-state index in [1.54, 1.807) is 0 Å². The maximum atomic E-state index is 5.93. The zero-order valence-corrected chi connectivity index (χ0v) is 11.8. The van der Waals surface area contributed by atoms with Gasteiger partial charge >= 0.3 is 0 Å². The zero-order chi connectivity index (χ0) is 13.1. The van der Waals surface area contributed by atoms with Gasteiger partial charge in [-0.05, 0) is 19.8 Å². The van der Waals surface area contributed by atoms with Gasteiger partial charge in [0.25, 0.3) is 0 Å². The lowest BCUT2D eigenvalue weighted by Gasteiger charge is -2.33. The molecule has 0 rings (SSSR count). The summed E-state index contributed by atoms with van der Waals surface area (Å²) in [6.45, 7) is 13.1. The highest BCUT2D eigenvalue weighted by molar-refractivity contribution is 4.89. The predicted molar refractivity (Wildman–Crippen MR) is 75.2 cm³/mol. The van der Waals surface area contributed by atoms with Crippen molar-refractivity contribution in [3.8, 4) is 0 Å². The highest BCUT2D eigenvalue weighted by Gasteiger charge is 2.25. The first kappa shape index (κ1) is 16.6. The Bertz CT molecular complexity index is 198. The summed E-state index contributed by atoms with van der Waals surface area (Å²) < 4.78 is 5.49. The van der Waals surface area contributed by atoms with Crippen LogP contribution in [0.4, 0.5) is 0 Å². The molecule has 0 aromatic carbocycles. The lowest BCUT2D eigenvalue weighted by molar-refractivity contribution is 0.144. The molecule has 0 unspecified atom stereocenters. The topological polar surface area (TPSA) is 47.3 Å². The van der Waals surface area contributed by atoms with Gasteiger partial charge in [0.1, 0.15) is 0 Å². The summed E-state index contributed by atoms with van der Waals surface area (Å²) in [5, 5.41) is 3.58. The smallest absolute Gasteiger partial charge is 0.0672 e. The Kier molecular flexibility index (Phi) is 9.41. The van der Waals surface area contributed by atoms with Crippen LogP contribution in [-0.4, -0.2) is 31.8 Å². The molecule has 0 aliphatic carbocycles. The second-order valence-electron chi connectivity index (χ2n) is 4.92. The molecule has 0 saturated heterocycles. The van der Waals surface area contributed by atoms with Crippen molar-refractivity contribution in [2.24, 2.45) is 5.73 Å². The predicted octanol–water partition coefficient (Wildman–Crippen LogP) is 2.47. The zero-order valence-electron chi connectivity index (χ0n) is 11.8. The number of nitrogens with one attached hydrogen (secondary N) is 1. The fourth-order valence-corrected chi connectivity index (χ4v) is 2.17. The van der Waals surface area contributed by atoms with Crippen LogP contribution in [0.2, 0.25) is 0 Å². The van der Waals surface area contributed by atoms with Crippen LogP contribution in [0, 0.1) is 0 Å². The van der Waals surface area contributed by atoms with Crippen LogP contribution in [0.3, 0.4) is 0 Å². The Morgan fingerprint density at radius 3 is 2.29 bits per heavy atom. The van der Waals surface area contributed by atoms with Gasteiger partial charge in [0.15, 0.2) is 0 Å². The SMILES string of the molecule is C=C(C)COCCNC(CN)(CCC)CCC. The highest BCUT2D eigenvalue weighted by Crippen LogP contribution is 2.18. The van der Waals surface area contributed by atoms with Gasteiger partial charge in [-0.15, -0.1) is 0 Å². The molecule has 0 aromatic rings. The fraction of sp³-hybridized carbons (Fsp3) is 0.857. The molecule has 0 saturated carbocycles. The van der Waals surface area contributed by atoms with Crippen molar-refractivity contribution >= 4 is 0 Å². The quantitative estimate of drug-likeness (QED) is 0.432. The number of ether oxygens (including phenoxy) is 1. The van der Waals surface area contributed by atoms with E-state index in [9.17, 15) is 0 Å². The van der Waals surface area contributed by atoms with Crippen LogP contribution in [0.25, 0.3) is 0 Å². The molecule has 0 aliphatic heterocycles. The molecule has 0 atom stereocenters. The van der Waals surface area contributed by atoms with Crippen molar-refractivity contribution < 1.29 is 4.74 Å². The average Bonchev–Trinajstić information content (AvgIpc) is 2.28. The van der Waals surface area contributed by atoms with Crippen LogP contribution in [0.5, 0.6) is 0 Å². The minimum Gasteiger partial charge on any atom is -0.376 e. The monoisotopic (exact) mass is 242 g/mol. The van der Waals surface area contributed by atoms with E-state index in [0.29, 0.717) is 13.2 Å². The first-order valence-electron chi connectivity index (χ1n) is 6.77. The summed E-state index contributed by atoms with van der Waals surface area (Å²) in [5.74, 6) is 0. The first-order valence-corrected chi connectivity index (χ1v) is 6.77. The van der Waals surface area contributed by atoms with Gasteiger partial charge in [-0.1, -0.05) is 38.8 Å². The van der Waals surface area contributed by atoms with Crippen molar-refractivity contribution in [2.45, 2.75) is 52.0 Å². The van der Waals surface area contributed by atoms with Crippen molar-refractivity contribution in [3.05, 3.63) is 12.2 Å². The number of hydrogen-bond donors (Lipinski definition) is 2. The van der Waals surface area contributed by atoms with Gasteiger partial charge in [0.2, 0.25) is 0 Å². The second kappa shape index (κ2) is 9.63. The van der Waals surface area contributed by atoms with E-state index in [1.807, 2.05) is 6.92 Å². The van der Waals surface area contributed by atoms with E-state index < -0.39 is 0 Å². The molecule has 0 spiro atoms. The maximum Gasteiger partial charge on any atom is 0.0672 e. The number of nitrogens with two attached hydrogens (primary N) is 1. The summed E-state index contributed by atoms with van der Waals surface area (Å²) in [6, 6.07) is 0. The molecular formula is C14H30N2O. The molecule has 102 valence electrons. The Labute approximate surface area is 107 Å². The maximum absolute atomic E-state index is 5.93. The number of hydrogen-bond acceptors (Lipinski definition) is 3. The fourth-order valence-electron chi connectivity index (χ4n) is 2.17. The third-order valence-electron chi connectivity index (χ3n) is 2.94. The molecule has 0 aliphatic rings. The standard InChI is InChI=1S/C14H30N2O/c1-5-7-14(12-15,8-6-2)16-9-10-17-11-13(3)4/h16H,3,5-12,15H2,1-2,4H3. The number of rotatable bonds is 11. The Morgan fingerprint density at radius 2 is 1.88 bits per heavy atom. The average molecular weight is 242 g/mol. The minimum atomic E-state index is 0.107. The summed E-state index contributed by atoms with van der Waals surface area (Å²) >= 11 is 0. The Balaban J connectivity index is 3.93. The minimum absolute atomic E-state index is 0.107. The van der Waals surface area contributed by atoms with Crippen molar-refractivity contribution in [1.82, 2.24) is 5.32 Å². The molecule has 0 aromatic heterocycles.